The van der Waals surface area contributed by atoms with E-state index in [1.165, 1.54) is 33.6 Å². The molecule has 2 aliphatic heterocycles. The van der Waals surface area contributed by atoms with Gasteiger partial charge in [0.25, 0.3) is 0 Å². The lowest BCUT2D eigenvalue weighted by atomic mass is 9.99. The monoisotopic (exact) mass is 363 g/mol. The molecule has 0 bridgehead atoms. The van der Waals surface area contributed by atoms with Crippen molar-refractivity contribution in [1.29, 1.82) is 0 Å². The minimum absolute atomic E-state index is 0.172. The molecule has 5 nitrogen and oxygen atoms in total. The smallest absolute Gasteiger partial charge is 0.175 e. The number of hydrogen-bond donors (Lipinski definition) is 0. The second-order valence-corrected chi connectivity index (χ2v) is 7.46. The third kappa shape index (κ3) is 2.82. The molecular weight excluding hydrogens is 338 g/mol. The van der Waals surface area contributed by atoms with Crippen LogP contribution in [-0.4, -0.2) is 35.6 Å². The minimum atomic E-state index is -0.172. The second kappa shape index (κ2) is 6.66. The average Bonchev–Trinajstić information content (AvgIpc) is 3.31. The van der Waals surface area contributed by atoms with Crippen molar-refractivity contribution in [2.45, 2.75) is 39.6 Å². The number of aryl methyl sites for hydroxylation is 1. The Labute approximate surface area is 159 Å². The molecule has 5 rings (SSSR count). The Balaban J connectivity index is 1.59. The van der Waals surface area contributed by atoms with Crippen LogP contribution in [0.1, 0.15) is 22.4 Å². The summed E-state index contributed by atoms with van der Waals surface area (Å²) in [7, 11) is 0. The maximum atomic E-state index is 5.72. The first kappa shape index (κ1) is 16.8. The van der Waals surface area contributed by atoms with E-state index in [-0.39, 0.29) is 6.29 Å². The van der Waals surface area contributed by atoms with Crippen LogP contribution in [0.3, 0.4) is 0 Å². The third-order valence-corrected chi connectivity index (χ3v) is 5.97. The number of ether oxygens (including phenoxy) is 2. The van der Waals surface area contributed by atoms with Crippen LogP contribution in [0.2, 0.25) is 0 Å². The molecule has 0 unspecified atom stereocenters. The molecule has 1 saturated heterocycles. The molecule has 2 aliphatic rings. The Morgan fingerprint density at radius 2 is 1.85 bits per heavy atom. The molecule has 0 spiro atoms. The largest absolute Gasteiger partial charge is 0.365 e. The Morgan fingerprint density at radius 1 is 1.07 bits per heavy atom. The summed E-state index contributed by atoms with van der Waals surface area (Å²) in [6, 6.07) is 10.9. The summed E-state index contributed by atoms with van der Waals surface area (Å²) >= 11 is 0. The van der Waals surface area contributed by atoms with E-state index in [9.17, 15) is 0 Å². The van der Waals surface area contributed by atoms with Gasteiger partial charge in [-0.3, -0.25) is 4.98 Å². The predicted molar refractivity (Wildman–Crippen MR) is 106 cm³/mol. The number of nitrogens with zero attached hydrogens (tertiary/aromatic N) is 3. The van der Waals surface area contributed by atoms with E-state index in [1.807, 2.05) is 6.20 Å². The molecule has 0 aliphatic carbocycles. The molecule has 27 heavy (non-hydrogen) atoms. The Bertz CT molecular complexity index is 989. The van der Waals surface area contributed by atoms with Gasteiger partial charge in [0.2, 0.25) is 0 Å². The van der Waals surface area contributed by atoms with Crippen molar-refractivity contribution >= 4 is 16.7 Å². The third-order valence-electron chi connectivity index (χ3n) is 5.97. The summed E-state index contributed by atoms with van der Waals surface area (Å²) in [4.78, 5) is 7.19. The minimum Gasteiger partial charge on any atom is -0.365 e. The number of fused-ring (bicyclic) bond motifs is 2. The van der Waals surface area contributed by atoms with Crippen LogP contribution in [0.5, 0.6) is 0 Å². The van der Waals surface area contributed by atoms with Gasteiger partial charge in [-0.25, -0.2) is 0 Å². The average molecular weight is 363 g/mol. The summed E-state index contributed by atoms with van der Waals surface area (Å²) < 4.78 is 13.8. The maximum absolute atomic E-state index is 5.72. The van der Waals surface area contributed by atoms with Crippen molar-refractivity contribution in [3.8, 4) is 0 Å². The lowest BCUT2D eigenvalue weighted by molar-refractivity contribution is -0.0520. The van der Waals surface area contributed by atoms with Crippen molar-refractivity contribution in [2.75, 3.05) is 24.7 Å². The first-order valence-corrected chi connectivity index (χ1v) is 9.71. The molecule has 140 valence electrons. The topological polar surface area (TPSA) is 39.5 Å². The van der Waals surface area contributed by atoms with Crippen molar-refractivity contribution < 1.29 is 9.47 Å². The first-order chi connectivity index (χ1) is 13.2. The highest BCUT2D eigenvalue weighted by atomic mass is 16.7. The molecule has 3 aromatic rings. The van der Waals surface area contributed by atoms with Crippen LogP contribution in [0.25, 0.3) is 11.0 Å². The van der Waals surface area contributed by atoms with Crippen LogP contribution < -0.4 is 4.90 Å². The van der Waals surface area contributed by atoms with Crippen LogP contribution in [0, 0.1) is 13.8 Å². The summed E-state index contributed by atoms with van der Waals surface area (Å²) in [5, 5.41) is 0. The van der Waals surface area contributed by atoms with E-state index in [2.05, 4.69) is 53.6 Å². The zero-order chi connectivity index (χ0) is 18.4. The standard InChI is InChI=1S/C22H25N3O2/c1-15-16(2)25(14-20-26-11-12-27-20)22-19(7-9-23-21(15)22)24-10-8-17-5-3-4-6-18(17)13-24/h3-7,9,20H,8,10-14H2,1-2H3. The van der Waals surface area contributed by atoms with Crippen molar-refractivity contribution in [3.63, 3.8) is 0 Å². The highest BCUT2D eigenvalue weighted by Crippen LogP contribution is 2.34. The van der Waals surface area contributed by atoms with Crippen molar-refractivity contribution in [3.05, 3.63) is 58.9 Å². The molecule has 5 heteroatoms. The second-order valence-electron chi connectivity index (χ2n) is 7.46. The summed E-state index contributed by atoms with van der Waals surface area (Å²) in [5.41, 5.74) is 8.90. The van der Waals surface area contributed by atoms with Crippen LogP contribution in [0.4, 0.5) is 5.69 Å². The lowest BCUT2D eigenvalue weighted by Crippen LogP contribution is -2.31. The molecular formula is C22H25N3O2. The summed E-state index contributed by atoms with van der Waals surface area (Å²) in [6.45, 7) is 8.35. The van der Waals surface area contributed by atoms with Crippen LogP contribution >= 0.6 is 0 Å². The van der Waals surface area contributed by atoms with E-state index in [4.69, 9.17) is 14.5 Å². The molecule has 2 aromatic heterocycles. The van der Waals surface area contributed by atoms with E-state index in [0.29, 0.717) is 19.8 Å². The van der Waals surface area contributed by atoms with Gasteiger partial charge in [0, 0.05) is 25.0 Å². The van der Waals surface area contributed by atoms with Gasteiger partial charge in [-0.15, -0.1) is 0 Å². The Kier molecular flexibility index (Phi) is 4.14. The van der Waals surface area contributed by atoms with Crippen molar-refractivity contribution in [1.82, 2.24) is 9.55 Å². The highest BCUT2D eigenvalue weighted by Gasteiger charge is 2.25. The van der Waals surface area contributed by atoms with Crippen molar-refractivity contribution in [2.24, 2.45) is 0 Å². The summed E-state index contributed by atoms with van der Waals surface area (Å²) in [5.74, 6) is 0. The van der Waals surface area contributed by atoms with E-state index < -0.39 is 0 Å². The van der Waals surface area contributed by atoms with E-state index in [1.54, 1.807) is 0 Å². The fourth-order valence-corrected chi connectivity index (χ4v) is 4.37. The summed E-state index contributed by atoms with van der Waals surface area (Å²) in [6.07, 6.45) is 2.85. The van der Waals surface area contributed by atoms with Gasteiger partial charge in [-0.2, -0.15) is 0 Å². The van der Waals surface area contributed by atoms with Gasteiger partial charge >= 0.3 is 0 Å². The van der Waals surface area contributed by atoms with E-state index in [0.717, 1.165) is 25.0 Å². The molecule has 4 heterocycles. The first-order valence-electron chi connectivity index (χ1n) is 9.71. The zero-order valence-electron chi connectivity index (χ0n) is 15.9. The molecule has 0 N–H and O–H groups in total. The van der Waals surface area contributed by atoms with Gasteiger partial charge in [0.1, 0.15) is 0 Å². The van der Waals surface area contributed by atoms with Gasteiger partial charge in [0.15, 0.2) is 6.29 Å². The zero-order valence-corrected chi connectivity index (χ0v) is 15.9. The Hall–Kier alpha value is -2.37. The fraction of sp³-hybridized carbons (Fsp3) is 0.409. The molecule has 0 radical (unpaired) electrons. The Morgan fingerprint density at radius 3 is 2.67 bits per heavy atom. The number of anilines is 1. The number of pyridine rings is 1. The molecule has 1 fully saturated rings. The van der Waals surface area contributed by atoms with Crippen LogP contribution in [-0.2, 0) is 29.0 Å². The highest BCUT2D eigenvalue weighted by molar-refractivity contribution is 5.92. The fourth-order valence-electron chi connectivity index (χ4n) is 4.37. The van der Waals surface area contributed by atoms with Gasteiger partial charge in [-0.05, 0) is 43.0 Å². The molecule has 0 saturated carbocycles. The van der Waals surface area contributed by atoms with Gasteiger partial charge < -0.3 is 18.9 Å². The molecule has 1 aromatic carbocycles. The quantitative estimate of drug-likeness (QED) is 0.713. The van der Waals surface area contributed by atoms with Gasteiger partial charge in [-0.1, -0.05) is 24.3 Å². The number of rotatable bonds is 3. The predicted octanol–water partition coefficient (Wildman–Crippen LogP) is 3.59. The maximum Gasteiger partial charge on any atom is 0.175 e. The van der Waals surface area contributed by atoms with Crippen LogP contribution in [0.15, 0.2) is 36.5 Å². The van der Waals surface area contributed by atoms with Gasteiger partial charge in [0.05, 0.1) is 36.5 Å². The lowest BCUT2D eigenvalue weighted by Gasteiger charge is -2.31. The van der Waals surface area contributed by atoms with E-state index >= 15 is 0 Å². The number of hydrogen-bond acceptors (Lipinski definition) is 4. The number of benzene rings is 1. The molecule has 0 amide bonds. The SMILES string of the molecule is Cc1c(C)n(CC2OCCO2)c2c(N3CCc4ccccc4C3)ccnc12. The number of aromatic nitrogens is 2. The molecule has 0 atom stereocenters. The normalized spacial score (nSPS) is 17.6.